The molecule has 1 aromatic carbocycles. The third-order valence-electron chi connectivity index (χ3n) is 5.53. The standard InChI is InChI=1S/C26H34N2O11/c1-17(26(37)38-2)24(18-9-4-3-5-10-18)39-23(34)13-8-12-20(29)27-14-7-6-11-19(25(35)36)28(15-21(30)31)16-22(32)33/h3-5,9-10,19,24H,1,6-8,11-16H2,2H3,(H,27,29)(H,30,31)(H,32,33)(H,35,36). The Hall–Kier alpha value is -4.26. The van der Waals surface area contributed by atoms with E-state index < -0.39 is 55.1 Å². The fourth-order valence-electron chi connectivity index (χ4n) is 3.65. The van der Waals surface area contributed by atoms with E-state index in [4.69, 9.17) is 14.9 Å². The summed E-state index contributed by atoms with van der Waals surface area (Å²) >= 11 is 0. The van der Waals surface area contributed by atoms with Crippen molar-refractivity contribution >= 4 is 35.8 Å². The summed E-state index contributed by atoms with van der Waals surface area (Å²) in [5, 5.41) is 29.9. The van der Waals surface area contributed by atoms with Gasteiger partial charge in [-0.3, -0.25) is 28.9 Å². The minimum atomic E-state index is -1.34. The summed E-state index contributed by atoms with van der Waals surface area (Å²) in [6.07, 6.45) is -0.254. The number of unbranched alkanes of at least 4 members (excludes halogenated alkanes) is 1. The molecule has 0 aromatic heterocycles. The number of hydrogen-bond acceptors (Lipinski definition) is 9. The number of nitrogens with zero attached hydrogens (tertiary/aromatic N) is 1. The molecule has 1 amide bonds. The highest BCUT2D eigenvalue weighted by Crippen LogP contribution is 2.26. The van der Waals surface area contributed by atoms with Crippen molar-refractivity contribution in [2.75, 3.05) is 26.7 Å². The average Bonchev–Trinajstić information content (AvgIpc) is 2.87. The number of esters is 2. The fraction of sp³-hybridized carbons (Fsp3) is 0.462. The molecule has 0 aliphatic heterocycles. The first-order valence-electron chi connectivity index (χ1n) is 12.1. The smallest absolute Gasteiger partial charge is 0.337 e. The van der Waals surface area contributed by atoms with Crippen LogP contribution in [0.3, 0.4) is 0 Å². The Kier molecular flexibility index (Phi) is 14.5. The molecule has 1 rings (SSSR count). The molecule has 0 saturated carbocycles. The van der Waals surface area contributed by atoms with Crippen LogP contribution >= 0.6 is 0 Å². The summed E-state index contributed by atoms with van der Waals surface area (Å²) in [6.45, 7) is 2.41. The number of rotatable bonds is 19. The second-order valence-electron chi connectivity index (χ2n) is 8.54. The topological polar surface area (TPSA) is 197 Å². The summed E-state index contributed by atoms with van der Waals surface area (Å²) in [5.74, 6) is -5.71. The van der Waals surface area contributed by atoms with Crippen molar-refractivity contribution in [1.29, 1.82) is 0 Å². The van der Waals surface area contributed by atoms with E-state index >= 15 is 0 Å². The molecule has 0 radical (unpaired) electrons. The van der Waals surface area contributed by atoms with E-state index in [1.54, 1.807) is 30.3 Å². The number of carbonyl (C=O) groups excluding carboxylic acids is 3. The highest BCUT2D eigenvalue weighted by molar-refractivity contribution is 5.89. The highest BCUT2D eigenvalue weighted by Gasteiger charge is 2.28. The van der Waals surface area contributed by atoms with E-state index in [0.717, 1.165) is 4.90 Å². The van der Waals surface area contributed by atoms with Crippen molar-refractivity contribution in [3.05, 3.63) is 48.0 Å². The van der Waals surface area contributed by atoms with Crippen LogP contribution in [0.5, 0.6) is 0 Å². The van der Waals surface area contributed by atoms with E-state index in [0.29, 0.717) is 18.4 Å². The summed E-state index contributed by atoms with van der Waals surface area (Å²) in [4.78, 5) is 70.6. The predicted octanol–water partition coefficient (Wildman–Crippen LogP) is 1.38. The molecular weight excluding hydrogens is 516 g/mol. The van der Waals surface area contributed by atoms with Gasteiger partial charge in [-0.05, 0) is 31.2 Å². The van der Waals surface area contributed by atoms with E-state index in [1.165, 1.54) is 7.11 Å². The van der Waals surface area contributed by atoms with E-state index in [2.05, 4.69) is 16.6 Å². The normalized spacial score (nSPS) is 12.2. The molecule has 0 spiro atoms. The maximum absolute atomic E-state index is 12.4. The Morgan fingerprint density at radius 1 is 0.923 bits per heavy atom. The summed E-state index contributed by atoms with van der Waals surface area (Å²) in [7, 11) is 1.19. The Morgan fingerprint density at radius 3 is 2.08 bits per heavy atom. The van der Waals surface area contributed by atoms with Gasteiger partial charge in [0.05, 0.1) is 25.8 Å². The lowest BCUT2D eigenvalue weighted by molar-refractivity contribution is -0.151. The Labute approximate surface area is 225 Å². The Balaban J connectivity index is 2.45. The van der Waals surface area contributed by atoms with Gasteiger partial charge in [0.1, 0.15) is 6.04 Å². The highest BCUT2D eigenvalue weighted by atomic mass is 16.6. The number of carbonyl (C=O) groups is 6. The summed E-state index contributed by atoms with van der Waals surface area (Å²) in [6, 6.07) is 7.25. The van der Waals surface area contributed by atoms with Crippen LogP contribution in [-0.4, -0.2) is 88.8 Å². The van der Waals surface area contributed by atoms with Crippen molar-refractivity contribution < 1.29 is 53.6 Å². The van der Waals surface area contributed by atoms with Crippen LogP contribution in [0.4, 0.5) is 0 Å². The molecule has 0 heterocycles. The van der Waals surface area contributed by atoms with Crippen LogP contribution in [0.15, 0.2) is 42.5 Å². The quantitative estimate of drug-likeness (QED) is 0.110. The number of carboxylic acids is 3. The first kappa shape index (κ1) is 32.8. The monoisotopic (exact) mass is 550 g/mol. The third kappa shape index (κ3) is 12.7. The zero-order chi connectivity index (χ0) is 29.4. The number of nitrogens with one attached hydrogen (secondary N) is 1. The Bertz CT molecular complexity index is 1010. The predicted molar refractivity (Wildman–Crippen MR) is 135 cm³/mol. The van der Waals surface area contributed by atoms with Crippen molar-refractivity contribution in [3.63, 3.8) is 0 Å². The zero-order valence-corrected chi connectivity index (χ0v) is 21.7. The van der Waals surface area contributed by atoms with Crippen LogP contribution < -0.4 is 5.32 Å². The maximum atomic E-state index is 12.4. The number of hydrogen-bond donors (Lipinski definition) is 4. The van der Waals surface area contributed by atoms with Crippen LogP contribution in [0.1, 0.15) is 50.2 Å². The van der Waals surface area contributed by atoms with E-state index in [9.17, 15) is 33.9 Å². The lowest BCUT2D eigenvalue weighted by atomic mass is 10.0. The second-order valence-corrected chi connectivity index (χ2v) is 8.54. The van der Waals surface area contributed by atoms with Gasteiger partial charge < -0.3 is 30.1 Å². The molecule has 2 unspecified atom stereocenters. The van der Waals surface area contributed by atoms with Gasteiger partial charge in [-0.15, -0.1) is 0 Å². The number of ether oxygens (including phenoxy) is 2. The molecule has 0 bridgehead atoms. The number of methoxy groups -OCH3 is 1. The average molecular weight is 551 g/mol. The lowest BCUT2D eigenvalue weighted by Gasteiger charge is -2.25. The van der Waals surface area contributed by atoms with Gasteiger partial charge >= 0.3 is 29.8 Å². The van der Waals surface area contributed by atoms with Crippen LogP contribution in [0.25, 0.3) is 0 Å². The summed E-state index contributed by atoms with van der Waals surface area (Å²) < 4.78 is 10.1. The van der Waals surface area contributed by atoms with Crippen LogP contribution in [-0.2, 0) is 38.2 Å². The number of amides is 1. The van der Waals surface area contributed by atoms with Gasteiger partial charge in [-0.1, -0.05) is 36.9 Å². The Morgan fingerprint density at radius 2 is 1.54 bits per heavy atom. The molecule has 13 nitrogen and oxygen atoms in total. The molecule has 39 heavy (non-hydrogen) atoms. The largest absolute Gasteiger partial charge is 0.480 e. The first-order chi connectivity index (χ1) is 18.5. The zero-order valence-electron chi connectivity index (χ0n) is 21.7. The van der Waals surface area contributed by atoms with Crippen LogP contribution in [0, 0.1) is 0 Å². The van der Waals surface area contributed by atoms with Gasteiger partial charge in [-0.25, -0.2) is 4.79 Å². The van der Waals surface area contributed by atoms with Gasteiger partial charge in [0, 0.05) is 19.4 Å². The molecule has 1 aromatic rings. The van der Waals surface area contributed by atoms with Gasteiger partial charge in [-0.2, -0.15) is 0 Å². The molecule has 0 saturated heterocycles. The molecule has 4 N–H and O–H groups in total. The third-order valence-corrected chi connectivity index (χ3v) is 5.53. The molecule has 214 valence electrons. The number of carboxylic acid groups (broad SMARTS) is 3. The minimum absolute atomic E-state index is 0.00293. The van der Waals surface area contributed by atoms with E-state index in [1.807, 2.05) is 0 Å². The first-order valence-corrected chi connectivity index (χ1v) is 12.1. The van der Waals surface area contributed by atoms with E-state index in [-0.39, 0.29) is 43.7 Å². The fourth-order valence-corrected chi connectivity index (χ4v) is 3.65. The van der Waals surface area contributed by atoms with Crippen molar-refractivity contribution in [1.82, 2.24) is 10.2 Å². The SMILES string of the molecule is C=C(C(=O)OC)C(OC(=O)CCCC(=O)NCCCCC(C(=O)O)N(CC(=O)O)CC(=O)O)c1ccccc1. The van der Waals surface area contributed by atoms with Crippen molar-refractivity contribution in [2.24, 2.45) is 0 Å². The van der Waals surface area contributed by atoms with Crippen molar-refractivity contribution in [2.45, 2.75) is 50.7 Å². The lowest BCUT2D eigenvalue weighted by Crippen LogP contribution is -2.46. The molecule has 0 aliphatic rings. The second kappa shape index (κ2) is 17.3. The van der Waals surface area contributed by atoms with Crippen molar-refractivity contribution in [3.8, 4) is 0 Å². The number of benzene rings is 1. The van der Waals surface area contributed by atoms with Gasteiger partial charge in [0.15, 0.2) is 6.10 Å². The molecule has 0 fully saturated rings. The van der Waals surface area contributed by atoms with Gasteiger partial charge in [0.25, 0.3) is 0 Å². The van der Waals surface area contributed by atoms with Gasteiger partial charge in [0.2, 0.25) is 5.91 Å². The summed E-state index contributed by atoms with van der Waals surface area (Å²) in [5.41, 5.74) is 0.493. The molecular formula is C26H34N2O11. The minimum Gasteiger partial charge on any atom is -0.480 e. The number of aliphatic carboxylic acids is 3. The molecule has 2 atom stereocenters. The molecule has 13 heteroatoms. The maximum Gasteiger partial charge on any atom is 0.337 e. The molecule has 0 aliphatic carbocycles. The van der Waals surface area contributed by atoms with Crippen LogP contribution in [0.2, 0.25) is 0 Å².